The molecule has 1 aliphatic rings. The SMILES string of the molecule is COc1ccccc1C(C)NC(=O)c1cn(Cc2cc3c(C(=O)NC(C)c4ccc5c(c4)OCCO5)cn(C)c(=O)c3[nH]2)c(=O)c2[nH]ccc12. The highest BCUT2D eigenvalue weighted by Crippen LogP contribution is 2.33. The van der Waals surface area contributed by atoms with Gasteiger partial charge in [-0.25, -0.2) is 0 Å². The van der Waals surface area contributed by atoms with Gasteiger partial charge in [-0.1, -0.05) is 24.3 Å². The van der Waals surface area contributed by atoms with Crippen molar-refractivity contribution in [2.45, 2.75) is 32.5 Å². The van der Waals surface area contributed by atoms with Crippen molar-refractivity contribution in [3.05, 3.63) is 122 Å². The summed E-state index contributed by atoms with van der Waals surface area (Å²) in [7, 11) is 3.15. The fraction of sp³-hybridized carbons (Fsp3) is 0.243. The first-order valence-electron chi connectivity index (χ1n) is 16.2. The van der Waals surface area contributed by atoms with Crippen molar-refractivity contribution in [1.29, 1.82) is 0 Å². The van der Waals surface area contributed by atoms with Crippen LogP contribution in [0.2, 0.25) is 0 Å². The van der Waals surface area contributed by atoms with E-state index < -0.39 is 0 Å². The van der Waals surface area contributed by atoms with Gasteiger partial charge in [0.2, 0.25) is 0 Å². The van der Waals surface area contributed by atoms with Gasteiger partial charge in [-0.15, -0.1) is 0 Å². The molecule has 4 N–H and O–H groups in total. The molecule has 2 amide bonds. The molecule has 0 bridgehead atoms. The van der Waals surface area contributed by atoms with Gasteiger partial charge in [0.1, 0.15) is 30.0 Å². The van der Waals surface area contributed by atoms with Crippen LogP contribution in [-0.2, 0) is 13.6 Å². The van der Waals surface area contributed by atoms with Gasteiger partial charge in [0.05, 0.1) is 36.9 Å². The van der Waals surface area contributed by atoms with Crippen LogP contribution in [0.5, 0.6) is 17.2 Å². The number of aromatic nitrogens is 4. The molecule has 13 nitrogen and oxygen atoms in total. The van der Waals surface area contributed by atoms with Gasteiger partial charge in [0, 0.05) is 47.7 Å². The Balaban J connectivity index is 1.18. The summed E-state index contributed by atoms with van der Waals surface area (Å²) in [5.41, 5.74) is 2.52. The van der Waals surface area contributed by atoms with Gasteiger partial charge >= 0.3 is 0 Å². The van der Waals surface area contributed by atoms with Crippen LogP contribution in [0, 0.1) is 0 Å². The molecule has 7 rings (SSSR count). The highest BCUT2D eigenvalue weighted by molar-refractivity contribution is 6.07. The third kappa shape index (κ3) is 5.87. The lowest BCUT2D eigenvalue weighted by atomic mass is 10.1. The maximum absolute atomic E-state index is 13.7. The van der Waals surface area contributed by atoms with Crippen LogP contribution in [0.3, 0.4) is 0 Å². The number of aryl methyl sites for hydroxylation is 1. The Hall–Kier alpha value is -6.24. The summed E-state index contributed by atoms with van der Waals surface area (Å²) in [6.07, 6.45) is 4.62. The number of ether oxygens (including phenoxy) is 3. The van der Waals surface area contributed by atoms with E-state index in [2.05, 4.69) is 20.6 Å². The van der Waals surface area contributed by atoms with Crippen LogP contribution in [0.1, 0.15) is 63.5 Å². The minimum atomic E-state index is -0.389. The van der Waals surface area contributed by atoms with E-state index in [9.17, 15) is 19.2 Å². The maximum atomic E-state index is 13.7. The highest BCUT2D eigenvalue weighted by atomic mass is 16.6. The highest BCUT2D eigenvalue weighted by Gasteiger charge is 2.23. The zero-order valence-electron chi connectivity index (χ0n) is 28.0. The molecule has 0 saturated heterocycles. The maximum Gasteiger partial charge on any atom is 0.275 e. The number of methoxy groups -OCH3 is 1. The van der Waals surface area contributed by atoms with Crippen LogP contribution >= 0.6 is 0 Å². The van der Waals surface area contributed by atoms with Crippen molar-refractivity contribution in [3.8, 4) is 17.2 Å². The number of H-pyrrole nitrogens is 2. The molecule has 0 aliphatic carbocycles. The largest absolute Gasteiger partial charge is 0.496 e. The fourth-order valence-corrected chi connectivity index (χ4v) is 6.40. The topological polar surface area (TPSA) is 161 Å². The smallest absolute Gasteiger partial charge is 0.275 e. The van der Waals surface area contributed by atoms with Crippen LogP contribution in [0.25, 0.3) is 21.8 Å². The summed E-state index contributed by atoms with van der Waals surface area (Å²) in [5, 5.41) is 6.93. The first kappa shape index (κ1) is 32.3. The summed E-state index contributed by atoms with van der Waals surface area (Å²) in [6.45, 7) is 4.65. The number of benzene rings is 2. The lowest BCUT2D eigenvalue weighted by molar-refractivity contribution is 0.0932. The van der Waals surface area contributed by atoms with Crippen LogP contribution in [0.15, 0.2) is 82.8 Å². The second kappa shape index (κ2) is 13.0. The van der Waals surface area contributed by atoms with Gasteiger partial charge < -0.3 is 43.9 Å². The molecule has 5 heterocycles. The molecular weight excluding hydrogens is 640 g/mol. The number of carbonyl (C=O) groups is 2. The van der Waals surface area contributed by atoms with Crippen molar-refractivity contribution < 1.29 is 23.8 Å². The first-order chi connectivity index (χ1) is 24.1. The summed E-state index contributed by atoms with van der Waals surface area (Å²) in [4.78, 5) is 60.2. The molecular formula is C37H36N6O7. The number of amides is 2. The molecule has 0 fully saturated rings. The summed E-state index contributed by atoms with van der Waals surface area (Å²) >= 11 is 0. The quantitative estimate of drug-likeness (QED) is 0.177. The lowest BCUT2D eigenvalue weighted by Crippen LogP contribution is -2.30. The average molecular weight is 677 g/mol. The molecule has 0 spiro atoms. The minimum absolute atomic E-state index is 0.00261. The average Bonchev–Trinajstić information content (AvgIpc) is 3.79. The zero-order chi connectivity index (χ0) is 35.1. The molecule has 1 aliphatic heterocycles. The number of nitrogens with one attached hydrogen (secondary N) is 4. The summed E-state index contributed by atoms with van der Waals surface area (Å²) in [6, 6.07) is 15.6. The van der Waals surface area contributed by atoms with E-state index in [0.717, 1.165) is 11.1 Å². The second-order valence-electron chi connectivity index (χ2n) is 12.3. The first-order valence-corrected chi connectivity index (χ1v) is 16.2. The number of para-hydroxylation sites is 1. The van der Waals surface area contributed by atoms with E-state index in [1.807, 2.05) is 56.3 Å². The number of carbonyl (C=O) groups excluding carboxylic acids is 2. The second-order valence-corrected chi connectivity index (χ2v) is 12.3. The third-order valence-corrected chi connectivity index (χ3v) is 9.01. The van der Waals surface area contributed by atoms with E-state index in [4.69, 9.17) is 14.2 Å². The minimum Gasteiger partial charge on any atom is -0.496 e. The van der Waals surface area contributed by atoms with Crippen LogP contribution in [-0.4, -0.2) is 51.2 Å². The number of rotatable bonds is 9. The van der Waals surface area contributed by atoms with E-state index in [1.165, 1.54) is 21.5 Å². The normalized spacial score (nSPS) is 13.6. The third-order valence-electron chi connectivity index (χ3n) is 9.01. The zero-order valence-corrected chi connectivity index (χ0v) is 28.0. The van der Waals surface area contributed by atoms with E-state index in [-0.39, 0.29) is 58.2 Å². The fourth-order valence-electron chi connectivity index (χ4n) is 6.40. The van der Waals surface area contributed by atoms with Crippen molar-refractivity contribution in [1.82, 2.24) is 29.7 Å². The lowest BCUT2D eigenvalue weighted by Gasteiger charge is -2.21. The van der Waals surface area contributed by atoms with Crippen molar-refractivity contribution in [2.24, 2.45) is 7.05 Å². The van der Waals surface area contributed by atoms with E-state index >= 15 is 0 Å². The van der Waals surface area contributed by atoms with Gasteiger partial charge in [-0.2, -0.15) is 0 Å². The number of nitrogens with zero attached hydrogens (tertiary/aromatic N) is 2. The number of hydrogen-bond acceptors (Lipinski definition) is 7. The standard InChI is InChI=1S/C37H36N6O7/c1-20(22-9-10-30-31(15-22)50-14-13-49-30)39-34(44)27-18-42(3)36(46)33-26(27)16-23(41-33)17-43-19-28(25-11-12-38-32(25)37(43)47)35(45)40-21(2)24-7-5-6-8-29(24)48-4/h5-12,15-16,18-21,38,41H,13-14,17H2,1-4H3,(H,39,44)(H,40,45). The van der Waals surface area contributed by atoms with Crippen LogP contribution < -0.4 is 36.0 Å². The predicted octanol–water partition coefficient (Wildman–Crippen LogP) is 4.32. The Bertz CT molecular complexity index is 2400. The van der Waals surface area contributed by atoms with Crippen molar-refractivity contribution >= 4 is 33.6 Å². The number of pyridine rings is 2. The Morgan fingerprint density at radius 1 is 0.860 bits per heavy atom. The molecule has 13 heteroatoms. The monoisotopic (exact) mass is 676 g/mol. The van der Waals surface area contributed by atoms with Gasteiger partial charge in [-0.05, 0) is 49.7 Å². The molecule has 0 saturated carbocycles. The van der Waals surface area contributed by atoms with Crippen LogP contribution in [0.4, 0.5) is 0 Å². The van der Waals surface area contributed by atoms with Gasteiger partial charge in [-0.3, -0.25) is 19.2 Å². The molecule has 2 unspecified atom stereocenters. The van der Waals surface area contributed by atoms with Crippen molar-refractivity contribution in [3.63, 3.8) is 0 Å². The molecule has 2 atom stereocenters. The van der Waals surface area contributed by atoms with E-state index in [0.29, 0.717) is 52.5 Å². The molecule has 2 aromatic carbocycles. The van der Waals surface area contributed by atoms with Gasteiger partial charge in [0.25, 0.3) is 22.9 Å². The molecule has 256 valence electrons. The Kier molecular flexibility index (Phi) is 8.40. The number of hydrogen-bond donors (Lipinski definition) is 4. The Labute approximate surface area is 285 Å². The molecule has 0 radical (unpaired) electrons. The predicted molar refractivity (Wildman–Crippen MR) is 187 cm³/mol. The van der Waals surface area contributed by atoms with Crippen molar-refractivity contribution in [2.75, 3.05) is 20.3 Å². The van der Waals surface area contributed by atoms with E-state index in [1.54, 1.807) is 32.5 Å². The Morgan fingerprint density at radius 3 is 2.36 bits per heavy atom. The van der Waals surface area contributed by atoms with Gasteiger partial charge in [0.15, 0.2) is 11.5 Å². The summed E-state index contributed by atoms with van der Waals surface area (Å²) < 4.78 is 19.5. The molecule has 50 heavy (non-hydrogen) atoms. The summed E-state index contributed by atoms with van der Waals surface area (Å²) in [5.74, 6) is 1.16. The number of aromatic amines is 2. The molecule has 6 aromatic rings. The Morgan fingerprint density at radius 2 is 1.58 bits per heavy atom. The molecule has 4 aromatic heterocycles. The number of fused-ring (bicyclic) bond motifs is 3.